The van der Waals surface area contributed by atoms with Crippen molar-refractivity contribution in [2.45, 2.75) is 26.8 Å². The van der Waals surface area contributed by atoms with E-state index in [0.717, 1.165) is 47.7 Å². The van der Waals surface area contributed by atoms with Crippen LogP contribution in [0.5, 0.6) is 0 Å². The fraction of sp³-hybridized carbons (Fsp3) is 0.667. The largest absolute Gasteiger partial charge is 0.328 e. The van der Waals surface area contributed by atoms with Crippen LogP contribution in [0.3, 0.4) is 0 Å². The van der Waals surface area contributed by atoms with E-state index in [1.165, 1.54) is 0 Å². The maximum absolute atomic E-state index is 5.41. The van der Waals surface area contributed by atoms with Crippen LogP contribution >= 0.6 is 12.2 Å². The molecule has 0 aliphatic rings. The summed E-state index contributed by atoms with van der Waals surface area (Å²) in [6, 6.07) is 0. The van der Waals surface area contributed by atoms with Crippen molar-refractivity contribution in [3.05, 3.63) is 10.5 Å². The van der Waals surface area contributed by atoms with E-state index >= 15 is 0 Å². The Morgan fingerprint density at radius 2 is 2.11 bits per heavy atom. The molecule has 0 saturated carbocycles. The second-order valence-electron chi connectivity index (χ2n) is 4.60. The number of nitrogens with one attached hydrogen (secondary N) is 1. The second kappa shape index (κ2) is 5.24. The SMILES string of the molecule is CCc1nn(C)c2c1[nH]c(=S)n2CCN(C)CC. The third kappa shape index (κ3) is 2.22. The van der Waals surface area contributed by atoms with Crippen molar-refractivity contribution in [3.8, 4) is 0 Å². The molecular weight excluding hydrogens is 246 g/mol. The van der Waals surface area contributed by atoms with Crippen molar-refractivity contribution in [3.63, 3.8) is 0 Å². The lowest BCUT2D eigenvalue weighted by atomic mass is 10.3. The Hall–Kier alpha value is -1.14. The van der Waals surface area contributed by atoms with Crippen LogP contribution in [0.1, 0.15) is 19.5 Å². The molecule has 6 heteroatoms. The zero-order valence-electron chi connectivity index (χ0n) is 11.5. The van der Waals surface area contributed by atoms with E-state index in [-0.39, 0.29) is 0 Å². The zero-order valence-corrected chi connectivity index (χ0v) is 12.3. The highest BCUT2D eigenvalue weighted by atomic mass is 32.1. The van der Waals surface area contributed by atoms with Crippen molar-refractivity contribution < 1.29 is 0 Å². The van der Waals surface area contributed by atoms with Gasteiger partial charge in [0, 0.05) is 20.1 Å². The van der Waals surface area contributed by atoms with Gasteiger partial charge in [0.1, 0.15) is 5.52 Å². The summed E-state index contributed by atoms with van der Waals surface area (Å²) in [6.07, 6.45) is 0.918. The lowest BCUT2D eigenvalue weighted by Crippen LogP contribution is -2.23. The second-order valence-corrected chi connectivity index (χ2v) is 4.99. The monoisotopic (exact) mass is 267 g/mol. The van der Waals surface area contributed by atoms with Gasteiger partial charge in [-0.05, 0) is 32.2 Å². The smallest absolute Gasteiger partial charge is 0.179 e. The lowest BCUT2D eigenvalue weighted by molar-refractivity contribution is 0.335. The minimum atomic E-state index is 0.789. The van der Waals surface area contributed by atoms with Gasteiger partial charge in [-0.2, -0.15) is 5.10 Å². The molecule has 0 amide bonds. The molecule has 100 valence electrons. The summed E-state index contributed by atoms with van der Waals surface area (Å²) >= 11 is 5.41. The van der Waals surface area contributed by atoms with Crippen LogP contribution in [0.15, 0.2) is 0 Å². The van der Waals surface area contributed by atoms with Crippen LogP contribution in [0, 0.1) is 4.77 Å². The third-order valence-electron chi connectivity index (χ3n) is 3.40. The fourth-order valence-corrected chi connectivity index (χ4v) is 2.44. The van der Waals surface area contributed by atoms with Crippen LogP contribution < -0.4 is 0 Å². The van der Waals surface area contributed by atoms with Crippen molar-refractivity contribution >= 4 is 23.4 Å². The Labute approximate surface area is 112 Å². The number of nitrogens with zero attached hydrogens (tertiary/aromatic N) is 4. The first kappa shape index (κ1) is 13.3. The molecule has 2 heterocycles. The van der Waals surface area contributed by atoms with Gasteiger partial charge in [-0.15, -0.1) is 0 Å². The molecule has 0 spiro atoms. The molecule has 18 heavy (non-hydrogen) atoms. The first-order valence-electron chi connectivity index (χ1n) is 6.41. The minimum absolute atomic E-state index is 0.789. The lowest BCUT2D eigenvalue weighted by Gasteiger charge is -2.14. The summed E-state index contributed by atoms with van der Waals surface area (Å²) < 4.78 is 4.85. The van der Waals surface area contributed by atoms with Gasteiger partial charge >= 0.3 is 0 Å². The molecule has 5 nitrogen and oxygen atoms in total. The van der Waals surface area contributed by atoms with E-state index in [1.807, 2.05) is 11.7 Å². The van der Waals surface area contributed by atoms with Gasteiger partial charge in [0.25, 0.3) is 0 Å². The average Bonchev–Trinajstić information content (AvgIpc) is 2.84. The number of imidazole rings is 1. The van der Waals surface area contributed by atoms with Crippen LogP contribution in [-0.2, 0) is 20.0 Å². The van der Waals surface area contributed by atoms with Crippen molar-refractivity contribution in [1.82, 2.24) is 24.2 Å². The highest BCUT2D eigenvalue weighted by Gasteiger charge is 2.14. The van der Waals surface area contributed by atoms with Gasteiger partial charge in [-0.25, -0.2) is 0 Å². The topological polar surface area (TPSA) is 41.8 Å². The number of rotatable bonds is 5. The molecule has 0 fully saturated rings. The Bertz CT molecular complexity index is 591. The Morgan fingerprint density at radius 3 is 2.72 bits per heavy atom. The number of aromatic amines is 1. The summed E-state index contributed by atoms with van der Waals surface area (Å²) in [6.45, 7) is 7.20. The molecule has 0 bridgehead atoms. The van der Waals surface area contributed by atoms with Crippen molar-refractivity contribution in [1.29, 1.82) is 0 Å². The van der Waals surface area contributed by atoms with Gasteiger partial charge in [0.15, 0.2) is 10.4 Å². The van der Waals surface area contributed by atoms with Crippen LogP contribution in [-0.4, -0.2) is 44.4 Å². The predicted octanol–water partition coefficient (Wildman–Crippen LogP) is 1.95. The van der Waals surface area contributed by atoms with Gasteiger partial charge in [-0.1, -0.05) is 13.8 Å². The third-order valence-corrected chi connectivity index (χ3v) is 3.72. The number of likely N-dealkylation sites (N-methyl/N-ethyl adjacent to an activating group) is 1. The Kier molecular flexibility index (Phi) is 3.87. The number of hydrogen-bond acceptors (Lipinski definition) is 3. The minimum Gasteiger partial charge on any atom is -0.328 e. The molecular formula is C12H21N5S. The summed E-state index contributed by atoms with van der Waals surface area (Å²) in [7, 11) is 4.10. The molecule has 1 N–H and O–H groups in total. The van der Waals surface area contributed by atoms with Gasteiger partial charge in [0.05, 0.1) is 5.69 Å². The molecule has 2 aromatic rings. The summed E-state index contributed by atoms with van der Waals surface area (Å²) in [4.78, 5) is 5.56. The molecule has 2 rings (SSSR count). The van der Waals surface area contributed by atoms with Crippen molar-refractivity contribution in [2.75, 3.05) is 20.1 Å². The molecule has 2 aromatic heterocycles. The molecule has 0 atom stereocenters. The molecule has 0 aliphatic heterocycles. The van der Waals surface area contributed by atoms with E-state index in [1.54, 1.807) is 0 Å². The average molecular weight is 267 g/mol. The maximum atomic E-state index is 5.41. The molecule has 0 unspecified atom stereocenters. The Morgan fingerprint density at radius 1 is 1.39 bits per heavy atom. The van der Waals surface area contributed by atoms with Crippen molar-refractivity contribution in [2.24, 2.45) is 7.05 Å². The highest BCUT2D eigenvalue weighted by molar-refractivity contribution is 7.71. The van der Waals surface area contributed by atoms with Crippen LogP contribution in [0.2, 0.25) is 0 Å². The number of aryl methyl sites for hydroxylation is 2. The normalized spacial score (nSPS) is 11.8. The maximum Gasteiger partial charge on any atom is 0.179 e. The van der Waals surface area contributed by atoms with E-state index in [9.17, 15) is 0 Å². The summed E-state index contributed by atoms with van der Waals surface area (Å²) in [5, 5.41) is 4.52. The number of aromatic nitrogens is 4. The molecule has 0 aliphatic carbocycles. The standard InChI is InChI=1S/C12H21N5S/c1-5-9-10-11(16(4)14-9)17(12(18)13-10)8-7-15(3)6-2/h5-8H2,1-4H3,(H,13,18). The quantitative estimate of drug-likeness (QED) is 0.842. The fourth-order valence-electron chi connectivity index (χ4n) is 2.16. The first-order valence-corrected chi connectivity index (χ1v) is 6.82. The predicted molar refractivity (Wildman–Crippen MR) is 76.4 cm³/mol. The van der Waals surface area contributed by atoms with E-state index in [2.05, 4.69) is 40.4 Å². The van der Waals surface area contributed by atoms with Gasteiger partial charge in [-0.3, -0.25) is 4.68 Å². The summed E-state index contributed by atoms with van der Waals surface area (Å²) in [5.41, 5.74) is 3.27. The number of fused-ring (bicyclic) bond motifs is 1. The van der Waals surface area contributed by atoms with Crippen LogP contribution in [0.4, 0.5) is 0 Å². The Balaban J connectivity index is 2.41. The molecule has 0 saturated heterocycles. The van der Waals surface area contributed by atoms with E-state index < -0.39 is 0 Å². The summed E-state index contributed by atoms with van der Waals surface area (Å²) in [5.74, 6) is 0. The molecule has 0 aromatic carbocycles. The highest BCUT2D eigenvalue weighted by Crippen LogP contribution is 2.18. The van der Waals surface area contributed by atoms with Gasteiger partial charge in [0.2, 0.25) is 0 Å². The van der Waals surface area contributed by atoms with E-state index in [0.29, 0.717) is 0 Å². The number of H-pyrrole nitrogens is 1. The zero-order chi connectivity index (χ0) is 13.3. The van der Waals surface area contributed by atoms with Crippen LogP contribution in [0.25, 0.3) is 11.2 Å². The van der Waals surface area contributed by atoms with Gasteiger partial charge < -0.3 is 14.5 Å². The van der Waals surface area contributed by atoms with E-state index in [4.69, 9.17) is 12.2 Å². The first-order chi connectivity index (χ1) is 8.58. The number of hydrogen-bond donors (Lipinski definition) is 1. The molecule has 0 radical (unpaired) electrons.